The molecule has 2 aliphatic rings. The monoisotopic (exact) mass is 584 g/mol. The highest BCUT2D eigenvalue weighted by Crippen LogP contribution is 2.49. The zero-order chi connectivity index (χ0) is 31.3. The number of hydrogen-bond acceptors (Lipinski definition) is 5. The van der Waals surface area contributed by atoms with E-state index in [1.807, 2.05) is 33.8 Å². The number of rotatable bonds is 8. The van der Waals surface area contributed by atoms with Gasteiger partial charge in [0.05, 0.1) is 22.5 Å². The fraction of sp³-hybridized carbons (Fsp3) is 0.528. The molecule has 3 aromatic rings. The van der Waals surface area contributed by atoms with Gasteiger partial charge in [0.25, 0.3) is 0 Å². The van der Waals surface area contributed by atoms with Gasteiger partial charge >= 0.3 is 0 Å². The molecule has 230 valence electrons. The number of aliphatic hydroxyl groups is 2. The molecule has 4 N–H and O–H groups in total. The topological polar surface area (TPSA) is 115 Å². The van der Waals surface area contributed by atoms with E-state index in [9.17, 15) is 15.0 Å². The lowest BCUT2D eigenvalue weighted by molar-refractivity contribution is -0.162. The smallest absolute Gasteiger partial charge is 0.193 e. The molecular formula is C36H48N4O3. The second kappa shape index (κ2) is 11.3. The van der Waals surface area contributed by atoms with Crippen LogP contribution in [0.2, 0.25) is 0 Å². The Labute approximate surface area is 255 Å². The largest absolute Gasteiger partial charge is 0.380 e. The standard InChI is InChI=1S/C36H48N4O3/c1-9-21-23(11-3)27-18-30-34(13-5,14-6)33(41)29(39-30)20-32-36(43,16-8)35(42,15-7)31(40-32)19-28-24(12-4)22(10-2)26(38-28)17-25(21)37-27/h17-20,37-38,42-43H,9-16H2,1-8H3/t35-,36+/m1/s1. The molecule has 8 bridgehead atoms. The number of Topliss-reactive ketones (excluding diaryl/α,β-unsaturated/α-hetero) is 1. The number of H-pyrrole nitrogens is 2. The zero-order valence-corrected chi connectivity index (χ0v) is 27.2. The highest BCUT2D eigenvalue weighted by atomic mass is 16.4. The number of carbonyl (C=O) groups is 1. The van der Waals surface area contributed by atoms with Gasteiger partial charge in [0.15, 0.2) is 5.78 Å². The summed E-state index contributed by atoms with van der Waals surface area (Å²) in [6.45, 7) is 16.4. The fourth-order valence-electron chi connectivity index (χ4n) is 7.74. The number of hydrogen-bond donors (Lipinski definition) is 4. The molecule has 0 fully saturated rings. The molecule has 43 heavy (non-hydrogen) atoms. The summed E-state index contributed by atoms with van der Waals surface area (Å²) in [6.07, 6.45) is 5.09. The van der Waals surface area contributed by atoms with Crippen molar-refractivity contribution < 1.29 is 15.0 Å². The maximum Gasteiger partial charge on any atom is 0.193 e. The normalized spacial score (nSPS) is 21.5. The predicted octanol–water partition coefficient (Wildman–Crippen LogP) is 7.40. The summed E-state index contributed by atoms with van der Waals surface area (Å²) < 4.78 is 0. The van der Waals surface area contributed by atoms with Crippen LogP contribution in [0.25, 0.3) is 22.1 Å². The Morgan fingerprint density at radius 1 is 0.558 bits per heavy atom. The van der Waals surface area contributed by atoms with Gasteiger partial charge in [-0.3, -0.25) is 9.78 Å². The fourth-order valence-corrected chi connectivity index (χ4v) is 7.74. The van der Waals surface area contributed by atoms with Crippen molar-refractivity contribution in [2.45, 2.75) is 123 Å². The van der Waals surface area contributed by atoms with Crippen molar-refractivity contribution in [3.63, 3.8) is 0 Å². The van der Waals surface area contributed by atoms with Crippen molar-refractivity contribution in [2.75, 3.05) is 0 Å². The van der Waals surface area contributed by atoms with Crippen LogP contribution in [-0.2, 0) is 42.3 Å². The number of nitrogens with zero attached hydrogens (tertiary/aromatic N) is 2. The van der Waals surface area contributed by atoms with Gasteiger partial charge in [0.2, 0.25) is 0 Å². The van der Waals surface area contributed by atoms with Crippen molar-refractivity contribution in [3.8, 4) is 0 Å². The third-order valence-electron chi connectivity index (χ3n) is 10.5. The van der Waals surface area contributed by atoms with Gasteiger partial charge < -0.3 is 20.2 Å². The van der Waals surface area contributed by atoms with Crippen molar-refractivity contribution in [1.82, 2.24) is 19.9 Å². The summed E-state index contributed by atoms with van der Waals surface area (Å²) in [6, 6.07) is 7.81. The Morgan fingerprint density at radius 2 is 0.953 bits per heavy atom. The van der Waals surface area contributed by atoms with Crippen LogP contribution < -0.4 is 0 Å². The van der Waals surface area contributed by atoms with Crippen LogP contribution in [0.5, 0.6) is 0 Å². The molecule has 0 unspecified atom stereocenters. The lowest BCUT2D eigenvalue weighted by atomic mass is 9.75. The van der Waals surface area contributed by atoms with Crippen molar-refractivity contribution in [2.24, 2.45) is 0 Å². The van der Waals surface area contributed by atoms with Gasteiger partial charge in [-0.05, 0) is 97.9 Å². The molecule has 0 saturated heterocycles. The number of aryl methyl sites for hydroxylation is 4. The SMILES string of the molecule is CCc1c(CC)c2cc3[nH]c(cc4nc(cc5nc(cc1[nH]2)C(CC)(CC)C5=O)[C@@](O)(CC)[C@@]4(O)CC)c(CC)c3CC. The summed E-state index contributed by atoms with van der Waals surface area (Å²) in [5, 5.41) is 24.2. The Balaban J connectivity index is 2.06. The van der Waals surface area contributed by atoms with Crippen LogP contribution >= 0.6 is 0 Å². The van der Waals surface area contributed by atoms with Crippen LogP contribution in [0.1, 0.15) is 131 Å². The van der Waals surface area contributed by atoms with Crippen LogP contribution in [0.3, 0.4) is 0 Å². The zero-order valence-electron chi connectivity index (χ0n) is 27.2. The molecular weight excluding hydrogens is 536 g/mol. The summed E-state index contributed by atoms with van der Waals surface area (Å²) in [5.74, 6) is -0.0618. The van der Waals surface area contributed by atoms with E-state index in [1.54, 1.807) is 6.07 Å². The first-order valence-corrected chi connectivity index (χ1v) is 16.3. The number of nitrogens with one attached hydrogen (secondary N) is 2. The lowest BCUT2D eigenvalue weighted by Crippen LogP contribution is -2.45. The molecule has 2 aliphatic heterocycles. The van der Waals surface area contributed by atoms with Gasteiger partial charge in [-0.1, -0.05) is 55.4 Å². The van der Waals surface area contributed by atoms with Gasteiger partial charge in [-0.15, -0.1) is 0 Å². The van der Waals surface area contributed by atoms with Gasteiger partial charge in [0, 0.05) is 22.1 Å². The Bertz CT molecular complexity index is 1730. The number of aromatic nitrogens is 4. The van der Waals surface area contributed by atoms with Crippen molar-refractivity contribution in [3.05, 3.63) is 69.3 Å². The highest BCUT2D eigenvalue weighted by molar-refractivity contribution is 6.05. The van der Waals surface area contributed by atoms with E-state index in [4.69, 9.17) is 9.97 Å². The van der Waals surface area contributed by atoms with E-state index in [0.29, 0.717) is 18.5 Å². The van der Waals surface area contributed by atoms with E-state index in [-0.39, 0.29) is 30.0 Å². The minimum absolute atomic E-state index is 0.0618. The van der Waals surface area contributed by atoms with E-state index < -0.39 is 16.6 Å². The third-order valence-corrected chi connectivity index (χ3v) is 10.5. The Morgan fingerprint density at radius 3 is 1.35 bits per heavy atom. The van der Waals surface area contributed by atoms with Gasteiger partial charge in [-0.25, -0.2) is 4.98 Å². The quantitative estimate of drug-likeness (QED) is 0.220. The maximum atomic E-state index is 14.2. The predicted molar refractivity (Wildman–Crippen MR) is 173 cm³/mol. The van der Waals surface area contributed by atoms with Gasteiger partial charge in [-0.2, -0.15) is 0 Å². The summed E-state index contributed by atoms with van der Waals surface area (Å²) >= 11 is 0. The van der Waals surface area contributed by atoms with Crippen LogP contribution in [0.15, 0.2) is 24.3 Å². The average molecular weight is 585 g/mol. The first-order valence-electron chi connectivity index (χ1n) is 16.3. The molecule has 5 rings (SSSR count). The summed E-state index contributed by atoms with van der Waals surface area (Å²) in [4.78, 5) is 31.4. The van der Waals surface area contributed by atoms with Gasteiger partial charge in [0.1, 0.15) is 16.9 Å². The minimum atomic E-state index is -1.67. The molecule has 0 aromatic carbocycles. The number of aromatic amines is 2. The molecule has 5 heterocycles. The maximum absolute atomic E-state index is 14.2. The van der Waals surface area contributed by atoms with Crippen LogP contribution in [-0.4, -0.2) is 35.9 Å². The van der Waals surface area contributed by atoms with Crippen molar-refractivity contribution in [1.29, 1.82) is 0 Å². The first kappa shape index (κ1) is 31.1. The molecule has 7 nitrogen and oxygen atoms in total. The molecule has 0 spiro atoms. The number of carbonyl (C=O) groups excluding carboxylic acids is 1. The third kappa shape index (κ3) is 4.33. The highest BCUT2D eigenvalue weighted by Gasteiger charge is 2.55. The Hall–Kier alpha value is -3.29. The molecule has 7 heteroatoms. The summed E-state index contributed by atoms with van der Waals surface area (Å²) in [5.41, 5.74) is 6.51. The van der Waals surface area contributed by atoms with Crippen LogP contribution in [0.4, 0.5) is 0 Å². The molecule has 0 saturated carbocycles. The lowest BCUT2D eigenvalue weighted by Gasteiger charge is -2.36. The molecule has 0 radical (unpaired) electrons. The van der Waals surface area contributed by atoms with E-state index in [0.717, 1.165) is 53.4 Å². The Kier molecular flexibility index (Phi) is 8.20. The second-order valence-corrected chi connectivity index (χ2v) is 12.1. The van der Waals surface area contributed by atoms with E-state index in [2.05, 4.69) is 49.8 Å². The van der Waals surface area contributed by atoms with Crippen LogP contribution in [0, 0.1) is 0 Å². The number of ketones is 1. The van der Waals surface area contributed by atoms with E-state index in [1.165, 1.54) is 22.3 Å². The minimum Gasteiger partial charge on any atom is -0.380 e. The molecule has 0 amide bonds. The molecule has 0 aliphatic carbocycles. The second-order valence-electron chi connectivity index (χ2n) is 12.1. The first-order chi connectivity index (χ1) is 20.6. The average Bonchev–Trinajstić information content (AvgIpc) is 3.67. The molecule has 3 aromatic heterocycles. The molecule has 2 atom stereocenters. The van der Waals surface area contributed by atoms with Crippen molar-refractivity contribution >= 4 is 27.9 Å². The summed E-state index contributed by atoms with van der Waals surface area (Å²) in [7, 11) is 0. The van der Waals surface area contributed by atoms with E-state index >= 15 is 0 Å². The number of fused-ring (bicyclic) bond motifs is 8.